The number of hydrogen-bond acceptors (Lipinski definition) is 4. The van der Waals surface area contributed by atoms with Crippen LogP contribution >= 0.6 is 23.2 Å². The predicted octanol–water partition coefficient (Wildman–Crippen LogP) is 2.68. The fourth-order valence-electron chi connectivity index (χ4n) is 2.39. The van der Waals surface area contributed by atoms with Gasteiger partial charge >= 0.3 is 0 Å². The Morgan fingerprint density at radius 2 is 2.27 bits per heavy atom. The summed E-state index contributed by atoms with van der Waals surface area (Å²) in [6, 6.07) is 5.50. The van der Waals surface area contributed by atoms with Crippen LogP contribution in [0.5, 0.6) is 0 Å². The number of nitrogens with one attached hydrogen (secondary N) is 1. The third kappa shape index (κ3) is 6.41. The molecule has 6 heteroatoms. The Bertz CT molecular complexity index is 453. The molecule has 0 aromatic heterocycles. The van der Waals surface area contributed by atoms with E-state index in [-0.39, 0.29) is 6.10 Å². The largest absolute Gasteiger partial charge is 0.389 e. The monoisotopic (exact) mass is 347 g/mol. The topological polar surface area (TPSA) is 50.7 Å². The van der Waals surface area contributed by atoms with Crippen molar-refractivity contribution < 1.29 is 14.6 Å². The molecule has 1 fully saturated rings. The first-order valence-electron chi connectivity index (χ1n) is 7.67. The van der Waals surface area contributed by atoms with Crippen molar-refractivity contribution in [2.24, 2.45) is 0 Å². The minimum atomic E-state index is -0.512. The molecule has 0 radical (unpaired) electrons. The second-order valence-corrected chi connectivity index (χ2v) is 6.36. The van der Waals surface area contributed by atoms with Gasteiger partial charge in [0.1, 0.15) is 0 Å². The van der Waals surface area contributed by atoms with Gasteiger partial charge in [-0.25, -0.2) is 0 Å². The molecule has 0 unspecified atom stereocenters. The SMILES string of the molecule is O[C@H](CNCCc1ccc(Cl)cc1Cl)COC[C@H]1CCCO1. The van der Waals surface area contributed by atoms with E-state index < -0.39 is 6.10 Å². The molecular weight excluding hydrogens is 325 g/mol. The lowest BCUT2D eigenvalue weighted by Crippen LogP contribution is -2.32. The van der Waals surface area contributed by atoms with Gasteiger partial charge in [-0.3, -0.25) is 0 Å². The van der Waals surface area contributed by atoms with Crippen molar-refractivity contribution in [3.8, 4) is 0 Å². The molecular formula is C16H23Cl2NO3. The zero-order valence-corrected chi connectivity index (χ0v) is 14.1. The highest BCUT2D eigenvalue weighted by molar-refractivity contribution is 6.35. The minimum Gasteiger partial charge on any atom is -0.389 e. The van der Waals surface area contributed by atoms with Gasteiger partial charge in [0, 0.05) is 23.2 Å². The summed E-state index contributed by atoms with van der Waals surface area (Å²) in [5.41, 5.74) is 1.04. The number of rotatable bonds is 9. The minimum absolute atomic E-state index is 0.201. The Kier molecular flexibility index (Phi) is 7.94. The first-order valence-corrected chi connectivity index (χ1v) is 8.43. The van der Waals surface area contributed by atoms with Crippen LogP contribution in [0.2, 0.25) is 10.0 Å². The molecule has 0 amide bonds. The van der Waals surface area contributed by atoms with Gasteiger partial charge in [-0.15, -0.1) is 0 Å². The molecule has 0 aliphatic carbocycles. The highest BCUT2D eigenvalue weighted by atomic mass is 35.5. The standard InChI is InChI=1S/C16H23Cl2NO3/c17-13-4-3-12(16(18)8-13)5-6-19-9-14(20)10-21-11-15-2-1-7-22-15/h3-4,8,14-15,19-20H,1-2,5-7,9-11H2/t14-,15-/m1/s1. The predicted molar refractivity (Wildman–Crippen MR) is 88.8 cm³/mol. The molecule has 1 aliphatic rings. The van der Waals surface area contributed by atoms with Gasteiger partial charge in [0.15, 0.2) is 0 Å². The van der Waals surface area contributed by atoms with Crippen molar-refractivity contribution in [2.45, 2.75) is 31.5 Å². The number of aliphatic hydroxyl groups excluding tert-OH is 1. The summed E-state index contributed by atoms with van der Waals surface area (Å²) in [5, 5.41) is 14.4. The third-order valence-electron chi connectivity index (χ3n) is 3.60. The van der Waals surface area contributed by atoms with E-state index >= 15 is 0 Å². The molecule has 0 bridgehead atoms. The van der Waals surface area contributed by atoms with Crippen molar-refractivity contribution >= 4 is 23.2 Å². The first-order chi connectivity index (χ1) is 10.6. The lowest BCUT2D eigenvalue weighted by atomic mass is 10.1. The van der Waals surface area contributed by atoms with Gasteiger partial charge in [0.05, 0.1) is 25.4 Å². The van der Waals surface area contributed by atoms with Crippen LogP contribution in [-0.2, 0) is 15.9 Å². The lowest BCUT2D eigenvalue weighted by Gasteiger charge is -2.14. The van der Waals surface area contributed by atoms with Crippen molar-refractivity contribution in [1.29, 1.82) is 0 Å². The number of benzene rings is 1. The summed E-state index contributed by atoms with van der Waals surface area (Å²) in [6.45, 7) is 2.96. The summed E-state index contributed by atoms with van der Waals surface area (Å²) in [4.78, 5) is 0. The molecule has 0 spiro atoms. The number of aliphatic hydroxyl groups is 1. The molecule has 0 saturated carbocycles. The molecule has 124 valence electrons. The Morgan fingerprint density at radius 3 is 3.00 bits per heavy atom. The maximum atomic E-state index is 9.84. The highest BCUT2D eigenvalue weighted by Crippen LogP contribution is 2.21. The molecule has 2 rings (SSSR count). The van der Waals surface area contributed by atoms with E-state index in [0.717, 1.165) is 38.0 Å². The van der Waals surface area contributed by atoms with Crippen LogP contribution in [0.25, 0.3) is 0 Å². The van der Waals surface area contributed by atoms with E-state index in [1.807, 2.05) is 12.1 Å². The van der Waals surface area contributed by atoms with Crippen molar-refractivity contribution in [3.63, 3.8) is 0 Å². The molecule has 1 aliphatic heterocycles. The second-order valence-electron chi connectivity index (χ2n) is 5.52. The Morgan fingerprint density at radius 1 is 1.41 bits per heavy atom. The van der Waals surface area contributed by atoms with E-state index in [4.69, 9.17) is 32.7 Å². The van der Waals surface area contributed by atoms with Crippen LogP contribution < -0.4 is 5.32 Å². The second kappa shape index (κ2) is 9.71. The van der Waals surface area contributed by atoms with Crippen LogP contribution in [0.1, 0.15) is 18.4 Å². The number of ether oxygens (including phenoxy) is 2. The number of halogens is 2. The van der Waals surface area contributed by atoms with Gasteiger partial charge in [0.2, 0.25) is 0 Å². The van der Waals surface area contributed by atoms with Crippen LogP contribution in [0.15, 0.2) is 18.2 Å². The average molecular weight is 348 g/mol. The molecule has 2 N–H and O–H groups in total. The van der Waals surface area contributed by atoms with E-state index in [1.165, 1.54) is 0 Å². The third-order valence-corrected chi connectivity index (χ3v) is 4.19. The normalized spacial score (nSPS) is 19.5. The van der Waals surface area contributed by atoms with Gasteiger partial charge in [-0.1, -0.05) is 29.3 Å². The van der Waals surface area contributed by atoms with E-state index in [9.17, 15) is 5.11 Å². The summed E-state index contributed by atoms with van der Waals surface area (Å²) in [5.74, 6) is 0. The summed E-state index contributed by atoms with van der Waals surface area (Å²) < 4.78 is 10.9. The fraction of sp³-hybridized carbons (Fsp3) is 0.625. The molecule has 4 nitrogen and oxygen atoms in total. The molecule has 1 saturated heterocycles. The molecule has 1 heterocycles. The molecule has 1 aromatic rings. The summed E-state index contributed by atoms with van der Waals surface area (Å²) >= 11 is 12.0. The van der Waals surface area contributed by atoms with E-state index in [1.54, 1.807) is 6.07 Å². The maximum absolute atomic E-state index is 9.84. The van der Waals surface area contributed by atoms with Crippen molar-refractivity contribution in [2.75, 3.05) is 32.9 Å². The van der Waals surface area contributed by atoms with Crippen LogP contribution in [0, 0.1) is 0 Å². The van der Waals surface area contributed by atoms with Crippen molar-refractivity contribution in [3.05, 3.63) is 33.8 Å². The Labute approximate surface area is 141 Å². The van der Waals surface area contributed by atoms with E-state index in [2.05, 4.69) is 5.32 Å². The Hall–Kier alpha value is -0.360. The molecule has 22 heavy (non-hydrogen) atoms. The van der Waals surface area contributed by atoms with Gasteiger partial charge in [-0.05, 0) is 43.5 Å². The fourth-order valence-corrected chi connectivity index (χ4v) is 2.89. The van der Waals surface area contributed by atoms with Crippen LogP contribution in [0.4, 0.5) is 0 Å². The zero-order valence-electron chi connectivity index (χ0n) is 12.6. The average Bonchev–Trinajstić information content (AvgIpc) is 2.99. The van der Waals surface area contributed by atoms with Gasteiger partial charge in [-0.2, -0.15) is 0 Å². The maximum Gasteiger partial charge on any atom is 0.0897 e. The highest BCUT2D eigenvalue weighted by Gasteiger charge is 2.16. The van der Waals surface area contributed by atoms with Gasteiger partial charge < -0.3 is 19.9 Å². The van der Waals surface area contributed by atoms with Crippen LogP contribution in [-0.4, -0.2) is 50.2 Å². The quantitative estimate of drug-likeness (QED) is 0.674. The smallest absolute Gasteiger partial charge is 0.0897 e. The summed E-state index contributed by atoms with van der Waals surface area (Å²) in [7, 11) is 0. The Balaban J connectivity index is 1.53. The van der Waals surface area contributed by atoms with Crippen LogP contribution in [0.3, 0.4) is 0 Å². The molecule has 1 aromatic carbocycles. The zero-order chi connectivity index (χ0) is 15.8. The van der Waals surface area contributed by atoms with Gasteiger partial charge in [0.25, 0.3) is 0 Å². The summed E-state index contributed by atoms with van der Waals surface area (Å²) in [6.07, 6.45) is 2.63. The molecule has 2 atom stereocenters. The first kappa shape index (κ1) is 18.0. The lowest BCUT2D eigenvalue weighted by molar-refractivity contribution is -0.0163. The van der Waals surface area contributed by atoms with Crippen molar-refractivity contribution in [1.82, 2.24) is 5.32 Å². The number of hydrogen-bond donors (Lipinski definition) is 2. The van der Waals surface area contributed by atoms with E-state index in [0.29, 0.717) is 29.8 Å².